The van der Waals surface area contributed by atoms with Crippen molar-refractivity contribution < 1.29 is 18.0 Å². The average molecular weight is 515 g/mol. The molecule has 0 aliphatic carbocycles. The Kier molecular flexibility index (Phi) is 11.8. The van der Waals surface area contributed by atoms with Gasteiger partial charge >= 0.3 is 0 Å². The predicted molar refractivity (Wildman–Crippen MR) is 132 cm³/mol. The number of hydrogen-bond donors (Lipinski definition) is 0. The Morgan fingerprint density at radius 1 is 1.03 bits per heavy atom. The van der Waals surface area contributed by atoms with Gasteiger partial charge in [0, 0.05) is 13.0 Å². The number of carbonyl (C=O) groups is 2. The van der Waals surface area contributed by atoms with Gasteiger partial charge in [-0.1, -0.05) is 26.7 Å². The second-order valence-corrected chi connectivity index (χ2v) is 11.4. The minimum atomic E-state index is -3.60. The first-order valence-corrected chi connectivity index (χ1v) is 13.6. The van der Waals surface area contributed by atoms with E-state index < -0.39 is 10.0 Å². The largest absolute Gasteiger partial charge is 0.337 e. The third-order valence-corrected chi connectivity index (χ3v) is 8.35. The lowest BCUT2D eigenvalue weighted by Gasteiger charge is -2.30. The van der Waals surface area contributed by atoms with E-state index in [1.54, 1.807) is 0 Å². The molecule has 0 unspecified atom stereocenters. The first kappa shape index (κ1) is 29.5. The number of hydrogen-bond acceptors (Lipinski definition) is 5. The highest BCUT2D eigenvalue weighted by Gasteiger charge is 2.56. The zero-order valence-electron chi connectivity index (χ0n) is 19.7. The number of sulfonamides is 1. The number of piperidine rings is 1. The Balaban J connectivity index is 0.00000256. The van der Waals surface area contributed by atoms with E-state index >= 15 is 0 Å². The Bertz CT molecular complexity index is 729. The summed E-state index contributed by atoms with van der Waals surface area (Å²) in [7, 11) is -3.60. The summed E-state index contributed by atoms with van der Waals surface area (Å²) in [5.74, 6) is 0.227. The fraction of sp³-hybridized carbons (Fsp3) is 0.909. The number of fused-ring (bicyclic) bond motifs is 1. The number of unbranched alkanes of at least 4 members (excludes halogenated alkanes) is 2. The molecule has 0 saturated carbocycles. The van der Waals surface area contributed by atoms with Crippen LogP contribution in [-0.4, -0.2) is 78.9 Å². The molecule has 3 rings (SSSR count). The van der Waals surface area contributed by atoms with Crippen LogP contribution in [0.1, 0.15) is 71.6 Å². The molecule has 0 N–H and O–H groups in total. The minimum Gasteiger partial charge on any atom is -0.337 e. The molecule has 0 aromatic carbocycles. The van der Waals surface area contributed by atoms with Gasteiger partial charge in [-0.15, -0.1) is 24.8 Å². The smallest absolute Gasteiger partial charge is 0.241 e. The van der Waals surface area contributed by atoms with Crippen LogP contribution in [0, 0.1) is 11.8 Å². The van der Waals surface area contributed by atoms with Crippen LogP contribution in [-0.2, 0) is 19.6 Å². The van der Waals surface area contributed by atoms with Gasteiger partial charge in [0.25, 0.3) is 0 Å². The van der Waals surface area contributed by atoms with Crippen molar-refractivity contribution in [1.82, 2.24) is 14.1 Å². The standard InChI is InChI=1S/C22H39N3O4S.2ClH/c1-4-8-18-21-19(25(22(18)27)30(3,28)29)12-16-24(21)20(26)9-6-5-7-13-23-14-10-17(2)11-15-23;;/h17-19,21H,4-16H2,1-3H3;2*1H/t18-,19+,21-;;/m1../s1. The van der Waals surface area contributed by atoms with E-state index in [4.69, 9.17) is 0 Å². The first-order valence-electron chi connectivity index (χ1n) is 11.8. The summed E-state index contributed by atoms with van der Waals surface area (Å²) in [6.45, 7) is 8.38. The zero-order chi connectivity index (χ0) is 21.9. The van der Waals surface area contributed by atoms with Crippen molar-refractivity contribution in [3.8, 4) is 0 Å². The topological polar surface area (TPSA) is 78.0 Å². The van der Waals surface area contributed by atoms with Crippen molar-refractivity contribution in [1.29, 1.82) is 0 Å². The average Bonchev–Trinajstić information content (AvgIpc) is 3.21. The van der Waals surface area contributed by atoms with Crippen LogP contribution in [0.2, 0.25) is 0 Å². The number of likely N-dealkylation sites (tertiary alicyclic amines) is 2. The van der Waals surface area contributed by atoms with E-state index in [9.17, 15) is 18.0 Å². The molecule has 7 nitrogen and oxygen atoms in total. The number of rotatable bonds is 9. The summed E-state index contributed by atoms with van der Waals surface area (Å²) >= 11 is 0. The number of carbonyl (C=O) groups excluding carboxylic acids is 2. The molecule has 3 aliphatic rings. The van der Waals surface area contributed by atoms with Crippen LogP contribution in [0.5, 0.6) is 0 Å². The second-order valence-electron chi connectivity index (χ2n) is 9.56. The third kappa shape index (κ3) is 6.73. The summed E-state index contributed by atoms with van der Waals surface area (Å²) in [6, 6.07) is -0.662. The maximum absolute atomic E-state index is 12.9. The van der Waals surface area contributed by atoms with Gasteiger partial charge in [0.15, 0.2) is 0 Å². The highest BCUT2D eigenvalue weighted by atomic mass is 35.5. The SMILES string of the molecule is CCC[C@H]1C(=O)N(S(C)(=O)=O)[C@H]2CCN(C(=O)CCCCCN3CCC(C)CC3)[C@H]12.Cl.Cl. The Morgan fingerprint density at radius 2 is 1.69 bits per heavy atom. The highest BCUT2D eigenvalue weighted by molar-refractivity contribution is 7.88. The van der Waals surface area contributed by atoms with Crippen LogP contribution < -0.4 is 0 Å². The number of nitrogens with zero attached hydrogens (tertiary/aromatic N) is 3. The fourth-order valence-electron chi connectivity index (χ4n) is 5.54. The van der Waals surface area contributed by atoms with Gasteiger partial charge in [-0.3, -0.25) is 9.59 Å². The van der Waals surface area contributed by atoms with Crippen molar-refractivity contribution in [2.45, 2.75) is 83.7 Å². The molecule has 32 heavy (non-hydrogen) atoms. The molecule has 0 bridgehead atoms. The Hall–Kier alpha value is -0.570. The summed E-state index contributed by atoms with van der Waals surface area (Å²) in [4.78, 5) is 30.1. The molecular weight excluding hydrogens is 473 g/mol. The molecule has 3 saturated heterocycles. The molecular formula is C22H41Cl2N3O4S. The van der Waals surface area contributed by atoms with E-state index in [1.165, 1.54) is 25.9 Å². The summed E-state index contributed by atoms with van der Waals surface area (Å²) < 4.78 is 25.5. The lowest BCUT2D eigenvalue weighted by atomic mass is 9.94. The van der Waals surface area contributed by atoms with Crippen LogP contribution in [0.15, 0.2) is 0 Å². The zero-order valence-corrected chi connectivity index (χ0v) is 22.2. The molecule has 3 heterocycles. The first-order chi connectivity index (χ1) is 14.2. The van der Waals surface area contributed by atoms with Crippen molar-refractivity contribution in [3.63, 3.8) is 0 Å². The molecule has 0 radical (unpaired) electrons. The summed E-state index contributed by atoms with van der Waals surface area (Å²) in [6.07, 6.45) is 9.17. The van der Waals surface area contributed by atoms with Crippen LogP contribution in [0.3, 0.4) is 0 Å². The monoisotopic (exact) mass is 513 g/mol. The maximum atomic E-state index is 12.9. The molecule has 188 valence electrons. The number of halogens is 2. The Morgan fingerprint density at radius 3 is 2.28 bits per heavy atom. The van der Waals surface area contributed by atoms with Crippen LogP contribution >= 0.6 is 24.8 Å². The van der Waals surface area contributed by atoms with Gasteiger partial charge in [-0.2, -0.15) is 0 Å². The summed E-state index contributed by atoms with van der Waals surface area (Å²) in [5, 5.41) is 0. The molecule has 0 aromatic heterocycles. The van der Waals surface area contributed by atoms with Gasteiger partial charge in [0.2, 0.25) is 21.8 Å². The van der Waals surface area contributed by atoms with Crippen LogP contribution in [0.4, 0.5) is 0 Å². The van der Waals surface area contributed by atoms with Gasteiger partial charge in [0.1, 0.15) is 0 Å². The normalized spacial score (nSPS) is 26.6. The van der Waals surface area contributed by atoms with Crippen molar-refractivity contribution in [3.05, 3.63) is 0 Å². The van der Waals surface area contributed by atoms with Gasteiger partial charge in [-0.05, 0) is 64.1 Å². The minimum absolute atomic E-state index is 0. The van der Waals surface area contributed by atoms with E-state index in [1.807, 2.05) is 11.8 Å². The molecule has 3 atom stereocenters. The van der Waals surface area contributed by atoms with Gasteiger partial charge in [0.05, 0.1) is 24.3 Å². The Labute approximate surface area is 206 Å². The van der Waals surface area contributed by atoms with Crippen molar-refractivity contribution in [2.24, 2.45) is 11.8 Å². The van der Waals surface area contributed by atoms with E-state index in [-0.39, 0.29) is 54.6 Å². The van der Waals surface area contributed by atoms with E-state index in [0.717, 1.165) is 48.7 Å². The van der Waals surface area contributed by atoms with E-state index in [0.29, 0.717) is 25.8 Å². The molecule has 0 aromatic rings. The molecule has 3 fully saturated rings. The quantitative estimate of drug-likeness (QED) is 0.442. The second kappa shape index (κ2) is 12.8. The lowest BCUT2D eigenvalue weighted by molar-refractivity contribution is -0.134. The predicted octanol–water partition coefficient (Wildman–Crippen LogP) is 3.31. The maximum Gasteiger partial charge on any atom is 0.241 e. The van der Waals surface area contributed by atoms with Crippen molar-refractivity contribution >= 4 is 46.7 Å². The van der Waals surface area contributed by atoms with Gasteiger partial charge < -0.3 is 9.80 Å². The van der Waals surface area contributed by atoms with E-state index in [2.05, 4.69) is 11.8 Å². The molecule has 0 spiro atoms. The van der Waals surface area contributed by atoms with Crippen LogP contribution in [0.25, 0.3) is 0 Å². The van der Waals surface area contributed by atoms with Gasteiger partial charge in [-0.25, -0.2) is 12.7 Å². The lowest BCUT2D eigenvalue weighted by Crippen LogP contribution is -2.43. The number of amides is 2. The molecule has 3 aliphatic heterocycles. The summed E-state index contributed by atoms with van der Waals surface area (Å²) in [5.41, 5.74) is 0. The molecule has 10 heteroatoms. The molecule has 2 amide bonds. The van der Waals surface area contributed by atoms with Crippen molar-refractivity contribution in [2.75, 3.05) is 32.4 Å². The fourth-order valence-corrected chi connectivity index (χ4v) is 6.72. The highest BCUT2D eigenvalue weighted by Crippen LogP contribution is 2.40. The third-order valence-electron chi connectivity index (χ3n) is 7.19.